The van der Waals surface area contributed by atoms with Crippen molar-refractivity contribution >= 4 is 5.91 Å². The van der Waals surface area contributed by atoms with Gasteiger partial charge in [0.15, 0.2) is 0 Å². The summed E-state index contributed by atoms with van der Waals surface area (Å²) >= 11 is 0. The lowest BCUT2D eigenvalue weighted by Crippen LogP contribution is -2.31. The zero-order valence-corrected chi connectivity index (χ0v) is 11.4. The smallest absolute Gasteiger partial charge is 0.264 e. The van der Waals surface area contributed by atoms with Crippen molar-refractivity contribution in [3.05, 3.63) is 57.8 Å². The van der Waals surface area contributed by atoms with E-state index in [4.69, 9.17) is 0 Å². The molecule has 20 heavy (non-hydrogen) atoms. The molecule has 106 valence electrons. The molecule has 0 fully saturated rings. The second-order valence-corrected chi connectivity index (χ2v) is 4.50. The maximum Gasteiger partial charge on any atom is 0.264 e. The minimum Gasteiger partial charge on any atom is -0.333 e. The maximum absolute atomic E-state index is 12.9. The van der Waals surface area contributed by atoms with E-state index in [1.54, 1.807) is 16.6 Å². The Morgan fingerprint density at radius 1 is 1.35 bits per heavy atom. The van der Waals surface area contributed by atoms with Gasteiger partial charge in [0.2, 0.25) is 0 Å². The van der Waals surface area contributed by atoms with Crippen LogP contribution < -0.4 is 5.56 Å². The first kappa shape index (κ1) is 14.0. The van der Waals surface area contributed by atoms with Crippen molar-refractivity contribution in [2.24, 2.45) is 7.05 Å². The standard InChI is InChI=1S/C14H16FN3O2/c1-3-18(9-12-8-13(19)16-17(12)2)14(20)10-4-6-11(15)7-5-10/h4-8H,3,9H2,1-2H3,(H,16,19). The van der Waals surface area contributed by atoms with Crippen LogP contribution in [0.5, 0.6) is 0 Å². The summed E-state index contributed by atoms with van der Waals surface area (Å²) in [4.78, 5) is 25.1. The quantitative estimate of drug-likeness (QED) is 0.921. The molecule has 6 heteroatoms. The number of amides is 1. The van der Waals surface area contributed by atoms with Gasteiger partial charge < -0.3 is 4.90 Å². The molecule has 0 unspecified atom stereocenters. The molecule has 1 N–H and O–H groups in total. The van der Waals surface area contributed by atoms with E-state index < -0.39 is 0 Å². The van der Waals surface area contributed by atoms with Gasteiger partial charge in [-0.25, -0.2) is 4.39 Å². The number of nitrogens with zero attached hydrogens (tertiary/aromatic N) is 2. The van der Waals surface area contributed by atoms with Crippen molar-refractivity contribution < 1.29 is 9.18 Å². The molecule has 0 aliphatic carbocycles. The number of carbonyl (C=O) groups is 1. The molecule has 1 amide bonds. The fourth-order valence-corrected chi connectivity index (χ4v) is 1.97. The van der Waals surface area contributed by atoms with E-state index in [1.165, 1.54) is 30.3 Å². The summed E-state index contributed by atoms with van der Waals surface area (Å²) < 4.78 is 14.5. The molecule has 0 saturated heterocycles. The molecule has 1 aromatic heterocycles. The summed E-state index contributed by atoms with van der Waals surface area (Å²) in [7, 11) is 1.72. The number of H-pyrrole nitrogens is 1. The summed E-state index contributed by atoms with van der Waals surface area (Å²) in [5.74, 6) is -0.571. The van der Waals surface area contributed by atoms with E-state index in [0.717, 1.165) is 0 Å². The van der Waals surface area contributed by atoms with E-state index in [1.807, 2.05) is 6.92 Å². The second-order valence-electron chi connectivity index (χ2n) is 4.50. The maximum atomic E-state index is 12.9. The van der Waals surface area contributed by atoms with Gasteiger partial charge in [0.1, 0.15) is 5.82 Å². The molecule has 5 nitrogen and oxygen atoms in total. The lowest BCUT2D eigenvalue weighted by atomic mass is 10.2. The van der Waals surface area contributed by atoms with Crippen molar-refractivity contribution in [2.75, 3.05) is 6.54 Å². The third-order valence-electron chi connectivity index (χ3n) is 3.12. The number of aryl methyl sites for hydroxylation is 1. The van der Waals surface area contributed by atoms with Crippen molar-refractivity contribution in [1.29, 1.82) is 0 Å². The Bertz CT molecular complexity index is 658. The molecule has 1 heterocycles. The molecule has 0 spiro atoms. The Morgan fingerprint density at radius 3 is 2.50 bits per heavy atom. The van der Waals surface area contributed by atoms with E-state index in [9.17, 15) is 14.0 Å². The fraction of sp³-hybridized carbons (Fsp3) is 0.286. The predicted molar refractivity (Wildman–Crippen MR) is 72.8 cm³/mol. The van der Waals surface area contributed by atoms with Gasteiger partial charge in [0.25, 0.3) is 11.5 Å². The highest BCUT2D eigenvalue weighted by atomic mass is 19.1. The van der Waals surface area contributed by atoms with Crippen LogP contribution in [0.1, 0.15) is 23.0 Å². The van der Waals surface area contributed by atoms with Crippen LogP contribution >= 0.6 is 0 Å². The lowest BCUT2D eigenvalue weighted by Gasteiger charge is -2.21. The average Bonchev–Trinajstić information content (AvgIpc) is 2.74. The fourth-order valence-electron chi connectivity index (χ4n) is 1.97. The monoisotopic (exact) mass is 277 g/mol. The molecule has 0 bridgehead atoms. The zero-order valence-electron chi connectivity index (χ0n) is 11.4. The van der Waals surface area contributed by atoms with Gasteiger partial charge in [-0.3, -0.25) is 19.4 Å². The van der Waals surface area contributed by atoms with Crippen LogP contribution in [0.15, 0.2) is 35.1 Å². The van der Waals surface area contributed by atoms with Crippen molar-refractivity contribution in [1.82, 2.24) is 14.7 Å². The predicted octanol–water partition coefficient (Wildman–Crippen LogP) is 1.51. The summed E-state index contributed by atoms with van der Waals surface area (Å²) in [6, 6.07) is 6.88. The number of hydrogen-bond acceptors (Lipinski definition) is 2. The Labute approximate surface area is 115 Å². The van der Waals surface area contributed by atoms with Gasteiger partial charge >= 0.3 is 0 Å². The summed E-state index contributed by atoms with van der Waals surface area (Å²) in [6.07, 6.45) is 0. The van der Waals surface area contributed by atoms with Crippen LogP contribution in [-0.4, -0.2) is 27.1 Å². The normalized spacial score (nSPS) is 10.6. The minimum absolute atomic E-state index is 0.193. The average molecular weight is 277 g/mol. The Balaban J connectivity index is 2.19. The van der Waals surface area contributed by atoms with E-state index in [0.29, 0.717) is 24.3 Å². The SMILES string of the molecule is CCN(Cc1cc(=O)[nH]n1C)C(=O)c1ccc(F)cc1. The Hall–Kier alpha value is -2.37. The number of aromatic nitrogens is 2. The number of halogens is 1. The lowest BCUT2D eigenvalue weighted by molar-refractivity contribution is 0.0749. The van der Waals surface area contributed by atoms with Gasteiger partial charge in [0, 0.05) is 25.2 Å². The Morgan fingerprint density at radius 2 is 2.00 bits per heavy atom. The number of benzene rings is 1. The zero-order chi connectivity index (χ0) is 14.7. The van der Waals surface area contributed by atoms with Crippen LogP contribution in [-0.2, 0) is 13.6 Å². The summed E-state index contributed by atoms with van der Waals surface area (Å²) in [5.41, 5.74) is 0.939. The van der Waals surface area contributed by atoms with Crippen LogP contribution in [0.3, 0.4) is 0 Å². The van der Waals surface area contributed by atoms with E-state index in [-0.39, 0.29) is 17.3 Å². The molecular weight excluding hydrogens is 261 g/mol. The second kappa shape index (κ2) is 5.73. The van der Waals surface area contributed by atoms with E-state index >= 15 is 0 Å². The molecule has 1 aromatic carbocycles. The molecule has 0 saturated carbocycles. The van der Waals surface area contributed by atoms with Crippen molar-refractivity contribution in [3.8, 4) is 0 Å². The van der Waals surface area contributed by atoms with Gasteiger partial charge in [-0.05, 0) is 31.2 Å². The molecule has 0 radical (unpaired) electrons. The van der Waals surface area contributed by atoms with Crippen LogP contribution in [0.2, 0.25) is 0 Å². The Kier molecular flexibility index (Phi) is 4.02. The van der Waals surface area contributed by atoms with Crippen LogP contribution in [0.4, 0.5) is 4.39 Å². The minimum atomic E-state index is -0.377. The number of rotatable bonds is 4. The van der Waals surface area contributed by atoms with Crippen molar-refractivity contribution in [3.63, 3.8) is 0 Å². The molecule has 2 aromatic rings. The van der Waals surface area contributed by atoms with E-state index in [2.05, 4.69) is 5.10 Å². The largest absolute Gasteiger partial charge is 0.333 e. The number of carbonyl (C=O) groups excluding carboxylic acids is 1. The molecule has 0 atom stereocenters. The highest BCUT2D eigenvalue weighted by Gasteiger charge is 2.16. The molecular formula is C14H16FN3O2. The third kappa shape index (κ3) is 2.96. The highest BCUT2D eigenvalue weighted by molar-refractivity contribution is 5.94. The third-order valence-corrected chi connectivity index (χ3v) is 3.12. The summed E-state index contributed by atoms with van der Waals surface area (Å²) in [5, 5.41) is 2.60. The summed E-state index contributed by atoms with van der Waals surface area (Å²) in [6.45, 7) is 2.67. The van der Waals surface area contributed by atoms with Gasteiger partial charge in [-0.1, -0.05) is 0 Å². The first-order chi connectivity index (χ1) is 9.51. The van der Waals surface area contributed by atoms with Crippen LogP contribution in [0.25, 0.3) is 0 Å². The van der Waals surface area contributed by atoms with Gasteiger partial charge in [0.05, 0.1) is 12.2 Å². The topological polar surface area (TPSA) is 58.1 Å². The molecule has 0 aliphatic heterocycles. The molecule has 0 aliphatic rings. The van der Waals surface area contributed by atoms with Crippen LogP contribution in [0, 0.1) is 5.82 Å². The van der Waals surface area contributed by atoms with Gasteiger partial charge in [-0.2, -0.15) is 0 Å². The highest BCUT2D eigenvalue weighted by Crippen LogP contribution is 2.09. The van der Waals surface area contributed by atoms with Gasteiger partial charge in [-0.15, -0.1) is 0 Å². The van der Waals surface area contributed by atoms with Crippen molar-refractivity contribution in [2.45, 2.75) is 13.5 Å². The molecule has 2 rings (SSSR count). The number of nitrogens with one attached hydrogen (secondary N) is 1. The number of hydrogen-bond donors (Lipinski definition) is 1. The first-order valence-corrected chi connectivity index (χ1v) is 6.31. The first-order valence-electron chi connectivity index (χ1n) is 6.31. The number of aromatic amines is 1.